The number of nitrogens with zero attached hydrogens (tertiary/aromatic N) is 5. The van der Waals surface area contributed by atoms with Crippen LogP contribution in [0.3, 0.4) is 0 Å². The van der Waals surface area contributed by atoms with Crippen molar-refractivity contribution in [2.75, 3.05) is 12.4 Å². The van der Waals surface area contributed by atoms with Gasteiger partial charge in [0.25, 0.3) is 11.5 Å². The Hall–Kier alpha value is -3.02. The Balaban J connectivity index is 1.63. The van der Waals surface area contributed by atoms with E-state index in [1.54, 1.807) is 13.2 Å². The molecule has 0 radical (unpaired) electrons. The Bertz CT molecular complexity index is 1230. The van der Waals surface area contributed by atoms with Crippen LogP contribution in [0.25, 0.3) is 20.7 Å². The first-order valence-electron chi connectivity index (χ1n) is 9.17. The minimum Gasteiger partial charge on any atom is -0.377 e. The van der Waals surface area contributed by atoms with Crippen molar-refractivity contribution < 1.29 is 9.53 Å². The van der Waals surface area contributed by atoms with Gasteiger partial charge in [0.05, 0.1) is 5.39 Å². The number of nitrogens with one attached hydrogen (secondary N) is 1. The number of hydrogen-bond donors (Lipinski definition) is 1. The van der Waals surface area contributed by atoms with Gasteiger partial charge in [0.2, 0.25) is 5.13 Å². The van der Waals surface area contributed by atoms with E-state index in [1.807, 2.05) is 37.3 Å². The number of hydrogen-bond acceptors (Lipinski definition) is 9. The second-order valence-electron chi connectivity index (χ2n) is 6.38. The van der Waals surface area contributed by atoms with Crippen molar-refractivity contribution in [1.82, 2.24) is 25.2 Å². The molecule has 1 aromatic carbocycles. The fourth-order valence-corrected chi connectivity index (χ4v) is 4.64. The van der Waals surface area contributed by atoms with Crippen LogP contribution in [0.1, 0.15) is 24.4 Å². The normalized spacial score (nSPS) is 12.2. The van der Waals surface area contributed by atoms with Crippen LogP contribution < -0.4 is 10.9 Å². The molecular formula is C19H18N6O3S2. The fraction of sp³-hybridized carbons (Fsp3) is 0.263. The van der Waals surface area contributed by atoms with Crippen LogP contribution >= 0.6 is 22.7 Å². The summed E-state index contributed by atoms with van der Waals surface area (Å²) in [6.45, 7) is 2.12. The van der Waals surface area contributed by atoms with Crippen LogP contribution in [0, 0.1) is 0 Å². The molecule has 1 atom stereocenters. The zero-order valence-electron chi connectivity index (χ0n) is 16.2. The second kappa shape index (κ2) is 8.78. The summed E-state index contributed by atoms with van der Waals surface area (Å²) < 4.78 is 6.14. The first-order valence-corrected chi connectivity index (χ1v) is 10.8. The highest BCUT2D eigenvalue weighted by Crippen LogP contribution is 2.30. The molecule has 154 valence electrons. The number of amides is 1. The Labute approximate surface area is 179 Å². The van der Waals surface area contributed by atoms with Gasteiger partial charge in [0.1, 0.15) is 17.7 Å². The van der Waals surface area contributed by atoms with Crippen LogP contribution in [0.15, 0.2) is 41.2 Å². The molecule has 9 nitrogen and oxygen atoms in total. The molecule has 0 fully saturated rings. The third-order valence-corrected chi connectivity index (χ3v) is 6.27. The molecule has 0 bridgehead atoms. The van der Waals surface area contributed by atoms with Crippen LogP contribution in [0.5, 0.6) is 0 Å². The number of carbonyl (C=O) groups is 1. The van der Waals surface area contributed by atoms with Gasteiger partial charge in [-0.05, 0) is 18.1 Å². The van der Waals surface area contributed by atoms with E-state index in [1.165, 1.54) is 22.7 Å². The molecule has 0 spiro atoms. The molecule has 4 aromatic rings. The highest BCUT2D eigenvalue weighted by molar-refractivity contribution is 7.21. The van der Waals surface area contributed by atoms with Crippen molar-refractivity contribution in [3.8, 4) is 10.4 Å². The van der Waals surface area contributed by atoms with E-state index in [4.69, 9.17) is 4.74 Å². The number of benzene rings is 1. The Morgan fingerprint density at radius 2 is 2.00 bits per heavy atom. The highest BCUT2D eigenvalue weighted by Gasteiger charge is 2.24. The fourth-order valence-electron chi connectivity index (χ4n) is 2.95. The molecule has 0 aliphatic carbocycles. The third-order valence-electron chi connectivity index (χ3n) is 4.39. The smallest absolute Gasteiger partial charge is 0.279 e. The van der Waals surface area contributed by atoms with E-state index >= 15 is 0 Å². The average Bonchev–Trinajstić information content (AvgIpc) is 3.38. The van der Waals surface area contributed by atoms with Crippen LogP contribution in [-0.4, -0.2) is 38.2 Å². The molecular weight excluding hydrogens is 424 g/mol. The lowest BCUT2D eigenvalue weighted by Crippen LogP contribution is -2.35. The van der Waals surface area contributed by atoms with E-state index in [2.05, 4.69) is 25.8 Å². The molecule has 4 rings (SSSR count). The largest absolute Gasteiger partial charge is 0.377 e. The van der Waals surface area contributed by atoms with Crippen LogP contribution in [-0.2, 0) is 16.1 Å². The zero-order valence-corrected chi connectivity index (χ0v) is 17.9. The van der Waals surface area contributed by atoms with E-state index < -0.39 is 11.9 Å². The minimum absolute atomic E-state index is 0.314. The highest BCUT2D eigenvalue weighted by atomic mass is 32.1. The van der Waals surface area contributed by atoms with Crippen molar-refractivity contribution in [1.29, 1.82) is 0 Å². The summed E-state index contributed by atoms with van der Waals surface area (Å²) in [5, 5.41) is 20.2. The minimum atomic E-state index is -0.816. The summed E-state index contributed by atoms with van der Waals surface area (Å²) in [4.78, 5) is 27.3. The molecule has 0 aliphatic heterocycles. The van der Waals surface area contributed by atoms with E-state index in [-0.39, 0.29) is 5.56 Å². The van der Waals surface area contributed by atoms with Crippen LogP contribution in [0.4, 0.5) is 5.13 Å². The molecule has 1 N–H and O–H groups in total. The number of carbonyl (C=O) groups excluding carboxylic acids is 1. The van der Waals surface area contributed by atoms with Gasteiger partial charge >= 0.3 is 0 Å². The molecule has 1 amide bonds. The number of fused-ring (bicyclic) bond motifs is 1. The van der Waals surface area contributed by atoms with Gasteiger partial charge in [0.15, 0.2) is 4.83 Å². The van der Waals surface area contributed by atoms with Crippen molar-refractivity contribution in [3.05, 3.63) is 51.8 Å². The maximum Gasteiger partial charge on any atom is 0.279 e. The summed E-state index contributed by atoms with van der Waals surface area (Å²) in [5.74, 6) is -0.396. The lowest BCUT2D eigenvalue weighted by Gasteiger charge is -2.14. The predicted octanol–water partition coefficient (Wildman–Crippen LogP) is 3.11. The molecule has 11 heteroatoms. The predicted molar refractivity (Wildman–Crippen MR) is 116 cm³/mol. The standard InChI is InChI=1S/C19H18N6O3S2/c1-3-13(16(26)20-19-23-21-15(30-19)10-28-2)25-18(27)12-9-14(29-17(12)22-24-25)11-7-5-4-6-8-11/h4-9,13H,3,10H2,1-2H3,(H,20,23,26). The lowest BCUT2D eigenvalue weighted by molar-refractivity contribution is -0.119. The Morgan fingerprint density at radius 1 is 1.20 bits per heavy atom. The molecule has 3 heterocycles. The number of methoxy groups -OCH3 is 1. The number of anilines is 1. The van der Waals surface area contributed by atoms with Gasteiger partial charge in [-0.1, -0.05) is 53.8 Å². The van der Waals surface area contributed by atoms with Gasteiger partial charge in [-0.25, -0.2) is 0 Å². The van der Waals surface area contributed by atoms with Crippen LogP contribution in [0.2, 0.25) is 0 Å². The summed E-state index contributed by atoms with van der Waals surface area (Å²) in [6.07, 6.45) is 0.366. The summed E-state index contributed by atoms with van der Waals surface area (Å²) in [7, 11) is 1.56. The third kappa shape index (κ3) is 3.99. The van der Waals surface area contributed by atoms with Crippen molar-refractivity contribution in [2.45, 2.75) is 26.0 Å². The Morgan fingerprint density at radius 3 is 2.73 bits per heavy atom. The van der Waals surface area contributed by atoms with Crippen molar-refractivity contribution in [2.24, 2.45) is 0 Å². The first-order chi connectivity index (χ1) is 14.6. The molecule has 0 saturated heterocycles. The SMILES string of the molecule is CCC(C(=O)Nc1nnc(COC)s1)n1nnc2sc(-c3ccccc3)cc2c1=O. The number of thiophene rings is 1. The zero-order chi connectivity index (χ0) is 21.1. The lowest BCUT2D eigenvalue weighted by atomic mass is 10.2. The first kappa shape index (κ1) is 20.3. The summed E-state index contributed by atoms with van der Waals surface area (Å²) in [5.41, 5.74) is 0.650. The maximum atomic E-state index is 13.1. The summed E-state index contributed by atoms with van der Waals surface area (Å²) >= 11 is 2.61. The monoisotopic (exact) mass is 442 g/mol. The van der Waals surface area contributed by atoms with Crippen molar-refractivity contribution in [3.63, 3.8) is 0 Å². The van der Waals surface area contributed by atoms with E-state index in [0.717, 1.165) is 15.1 Å². The molecule has 3 aromatic heterocycles. The average molecular weight is 443 g/mol. The molecule has 1 unspecified atom stereocenters. The van der Waals surface area contributed by atoms with Crippen molar-refractivity contribution >= 4 is 43.9 Å². The molecule has 0 saturated carbocycles. The number of rotatable bonds is 7. The number of ether oxygens (including phenoxy) is 1. The summed E-state index contributed by atoms with van der Waals surface area (Å²) in [6, 6.07) is 10.7. The van der Waals surface area contributed by atoms with E-state index in [0.29, 0.717) is 33.4 Å². The maximum absolute atomic E-state index is 13.1. The second-order valence-corrected chi connectivity index (χ2v) is 8.47. The van der Waals surface area contributed by atoms with E-state index in [9.17, 15) is 9.59 Å². The molecule has 0 aliphatic rings. The van der Waals surface area contributed by atoms with Gasteiger partial charge in [-0.15, -0.1) is 26.6 Å². The van der Waals surface area contributed by atoms with Gasteiger partial charge in [-0.2, -0.15) is 4.68 Å². The quantitative estimate of drug-likeness (QED) is 0.468. The Kier molecular flexibility index (Phi) is 5.93. The molecule has 30 heavy (non-hydrogen) atoms. The van der Waals surface area contributed by atoms with Gasteiger partial charge < -0.3 is 4.74 Å². The van der Waals surface area contributed by atoms with Gasteiger partial charge in [0, 0.05) is 12.0 Å². The topological polar surface area (TPSA) is 112 Å². The number of aromatic nitrogens is 5. The van der Waals surface area contributed by atoms with Gasteiger partial charge in [-0.3, -0.25) is 14.9 Å².